The summed E-state index contributed by atoms with van der Waals surface area (Å²) in [6.45, 7) is 5.96. The van der Waals surface area contributed by atoms with E-state index in [1.54, 1.807) is 24.3 Å². The fourth-order valence-electron chi connectivity index (χ4n) is 1.43. The average Bonchev–Trinajstić information content (AvgIpc) is 2.38. The lowest BCUT2D eigenvalue weighted by atomic mass is 10.1. The highest BCUT2D eigenvalue weighted by molar-refractivity contribution is 5.94. The molecule has 0 bridgehead atoms. The third-order valence-corrected chi connectivity index (χ3v) is 2.45. The number of rotatable bonds is 5. The predicted molar refractivity (Wildman–Crippen MR) is 84.6 cm³/mol. The maximum absolute atomic E-state index is 12.3. The summed E-state index contributed by atoms with van der Waals surface area (Å²) in [5.74, 6) is 0.417. The van der Waals surface area contributed by atoms with Crippen LogP contribution in [0.1, 0.15) is 31.1 Å². The summed E-state index contributed by atoms with van der Waals surface area (Å²) in [6.07, 6.45) is 0.450. The molecule has 0 spiro atoms. The summed E-state index contributed by atoms with van der Waals surface area (Å²) in [7, 11) is 0. The first kappa shape index (κ1) is 19.4. The van der Waals surface area contributed by atoms with Gasteiger partial charge in [0.05, 0.1) is 6.33 Å². The van der Waals surface area contributed by atoms with Crippen LogP contribution < -0.4 is 15.8 Å². The van der Waals surface area contributed by atoms with Crippen LogP contribution in [-0.2, 0) is 0 Å². The lowest BCUT2D eigenvalue weighted by Gasteiger charge is -2.20. The molecule has 118 valence electrons. The normalized spacial score (nSPS) is 11.6. The highest BCUT2D eigenvalue weighted by atomic mass is 35.5. The summed E-state index contributed by atoms with van der Waals surface area (Å²) in [5.41, 5.74) is 5.97. The van der Waals surface area contributed by atoms with Gasteiger partial charge >= 0.3 is 0 Å². The summed E-state index contributed by atoms with van der Waals surface area (Å²) in [4.78, 5) is 11.9. The Morgan fingerprint density at radius 3 is 2.33 bits per heavy atom. The summed E-state index contributed by atoms with van der Waals surface area (Å²) in [6, 6.07) is 6.67. The standard InChI is InChI=1S/C15H21FN2O2.ClH/c1-15(2,3)18-14(19)12-4-6-13(7-5-12)20-10-11(8-16)9-17;/h4-8H,9-10,17H2,1-3H3,(H,18,19);1H. The third-order valence-electron chi connectivity index (χ3n) is 2.45. The van der Waals surface area contributed by atoms with Crippen molar-refractivity contribution in [3.63, 3.8) is 0 Å². The van der Waals surface area contributed by atoms with Gasteiger partial charge in [0.25, 0.3) is 5.91 Å². The molecule has 1 aromatic carbocycles. The van der Waals surface area contributed by atoms with E-state index < -0.39 is 0 Å². The minimum Gasteiger partial charge on any atom is -0.489 e. The van der Waals surface area contributed by atoms with Crippen LogP contribution in [0.4, 0.5) is 4.39 Å². The lowest BCUT2D eigenvalue weighted by Crippen LogP contribution is -2.40. The van der Waals surface area contributed by atoms with Crippen molar-refractivity contribution < 1.29 is 13.9 Å². The molecule has 0 atom stereocenters. The van der Waals surface area contributed by atoms with Crippen molar-refractivity contribution in [2.24, 2.45) is 5.73 Å². The van der Waals surface area contributed by atoms with Gasteiger partial charge in [-0.25, -0.2) is 4.39 Å². The number of benzene rings is 1. The van der Waals surface area contributed by atoms with E-state index in [0.29, 0.717) is 23.2 Å². The van der Waals surface area contributed by atoms with Gasteiger partial charge in [-0.2, -0.15) is 0 Å². The molecule has 6 heteroatoms. The van der Waals surface area contributed by atoms with Crippen LogP contribution in [0.5, 0.6) is 5.75 Å². The van der Waals surface area contributed by atoms with E-state index in [1.165, 1.54) is 0 Å². The largest absolute Gasteiger partial charge is 0.489 e. The number of nitrogens with two attached hydrogens (primary N) is 1. The van der Waals surface area contributed by atoms with Gasteiger partial charge in [0.1, 0.15) is 12.4 Å². The van der Waals surface area contributed by atoms with Gasteiger partial charge in [-0.1, -0.05) is 0 Å². The Balaban J connectivity index is 0.00000400. The van der Waals surface area contributed by atoms with Crippen molar-refractivity contribution in [3.05, 3.63) is 41.7 Å². The Morgan fingerprint density at radius 2 is 1.90 bits per heavy atom. The molecule has 0 saturated heterocycles. The number of amides is 1. The summed E-state index contributed by atoms with van der Waals surface area (Å²) >= 11 is 0. The number of halogens is 2. The van der Waals surface area contributed by atoms with Gasteiger partial charge in [-0.3, -0.25) is 4.79 Å². The van der Waals surface area contributed by atoms with E-state index in [1.807, 2.05) is 20.8 Å². The van der Waals surface area contributed by atoms with Gasteiger partial charge in [0.15, 0.2) is 0 Å². The van der Waals surface area contributed by atoms with E-state index in [0.717, 1.165) is 0 Å². The molecule has 4 nitrogen and oxygen atoms in total. The van der Waals surface area contributed by atoms with Crippen LogP contribution in [-0.4, -0.2) is 24.6 Å². The Kier molecular flexibility index (Phi) is 7.99. The van der Waals surface area contributed by atoms with E-state index >= 15 is 0 Å². The molecule has 0 aromatic heterocycles. The number of carbonyl (C=O) groups excluding carboxylic acids is 1. The Morgan fingerprint density at radius 1 is 1.33 bits per heavy atom. The zero-order valence-corrected chi connectivity index (χ0v) is 13.3. The Bertz CT molecular complexity index is 481. The molecule has 0 fully saturated rings. The second-order valence-electron chi connectivity index (χ2n) is 5.49. The summed E-state index contributed by atoms with van der Waals surface area (Å²) in [5, 5.41) is 2.87. The highest BCUT2D eigenvalue weighted by Gasteiger charge is 2.15. The first-order valence-corrected chi connectivity index (χ1v) is 6.39. The number of hydrogen-bond acceptors (Lipinski definition) is 3. The van der Waals surface area contributed by atoms with E-state index in [4.69, 9.17) is 10.5 Å². The van der Waals surface area contributed by atoms with Crippen LogP contribution in [0.3, 0.4) is 0 Å². The van der Waals surface area contributed by atoms with E-state index in [9.17, 15) is 9.18 Å². The molecule has 1 amide bonds. The second kappa shape index (κ2) is 8.64. The average molecular weight is 317 g/mol. The molecule has 1 aromatic rings. The fourth-order valence-corrected chi connectivity index (χ4v) is 1.43. The molecule has 0 aliphatic carbocycles. The fraction of sp³-hybridized carbons (Fsp3) is 0.400. The smallest absolute Gasteiger partial charge is 0.251 e. The molecular formula is C15H22ClFN2O2. The zero-order valence-electron chi connectivity index (χ0n) is 12.5. The number of carbonyl (C=O) groups is 1. The van der Waals surface area contributed by atoms with Crippen LogP contribution in [0, 0.1) is 0 Å². The molecule has 1 rings (SSSR count). The molecule has 0 saturated carbocycles. The number of nitrogens with one attached hydrogen (secondary N) is 1. The van der Waals surface area contributed by atoms with E-state index in [-0.39, 0.29) is 37.0 Å². The maximum Gasteiger partial charge on any atom is 0.251 e. The maximum atomic E-state index is 12.3. The molecule has 0 aliphatic heterocycles. The first-order valence-electron chi connectivity index (χ1n) is 6.39. The molecule has 21 heavy (non-hydrogen) atoms. The van der Waals surface area contributed by atoms with Crippen LogP contribution >= 0.6 is 12.4 Å². The minimum atomic E-state index is -0.284. The molecule has 0 unspecified atom stereocenters. The van der Waals surface area contributed by atoms with E-state index in [2.05, 4.69) is 5.32 Å². The van der Waals surface area contributed by atoms with Crippen molar-refractivity contribution in [1.82, 2.24) is 5.32 Å². The number of ether oxygens (including phenoxy) is 1. The van der Waals surface area contributed by atoms with Gasteiger partial charge in [0.2, 0.25) is 0 Å². The van der Waals surface area contributed by atoms with Gasteiger partial charge in [-0.15, -0.1) is 12.4 Å². The quantitative estimate of drug-likeness (QED) is 0.878. The van der Waals surface area contributed by atoms with Crippen molar-refractivity contribution >= 4 is 18.3 Å². The van der Waals surface area contributed by atoms with Crippen molar-refractivity contribution in [2.45, 2.75) is 26.3 Å². The van der Waals surface area contributed by atoms with Crippen molar-refractivity contribution in [2.75, 3.05) is 13.2 Å². The first-order chi connectivity index (χ1) is 9.35. The van der Waals surface area contributed by atoms with Crippen molar-refractivity contribution in [3.8, 4) is 5.75 Å². The molecule has 3 N–H and O–H groups in total. The highest BCUT2D eigenvalue weighted by Crippen LogP contribution is 2.14. The summed E-state index contributed by atoms with van der Waals surface area (Å²) < 4.78 is 17.7. The predicted octanol–water partition coefficient (Wildman–Crippen LogP) is 2.83. The molecule has 0 aliphatic rings. The van der Waals surface area contributed by atoms with Crippen molar-refractivity contribution in [1.29, 1.82) is 0 Å². The minimum absolute atomic E-state index is 0. The van der Waals surface area contributed by atoms with Crippen LogP contribution in [0.15, 0.2) is 36.2 Å². The molecule has 0 radical (unpaired) electrons. The van der Waals surface area contributed by atoms with Crippen LogP contribution in [0.25, 0.3) is 0 Å². The number of hydrogen-bond donors (Lipinski definition) is 2. The lowest BCUT2D eigenvalue weighted by molar-refractivity contribution is 0.0919. The van der Waals surface area contributed by atoms with Gasteiger partial charge in [-0.05, 0) is 45.0 Å². The topological polar surface area (TPSA) is 64.3 Å². The van der Waals surface area contributed by atoms with Gasteiger partial charge < -0.3 is 15.8 Å². The Labute approximate surface area is 131 Å². The zero-order chi connectivity index (χ0) is 15.2. The Hall–Kier alpha value is -1.59. The second-order valence-corrected chi connectivity index (χ2v) is 5.49. The molecular weight excluding hydrogens is 295 g/mol. The third kappa shape index (κ3) is 7.11. The monoisotopic (exact) mass is 316 g/mol. The van der Waals surface area contributed by atoms with Gasteiger partial charge in [0, 0.05) is 23.2 Å². The van der Waals surface area contributed by atoms with Crippen LogP contribution in [0.2, 0.25) is 0 Å². The SMILES string of the molecule is CC(C)(C)NC(=O)c1ccc(OCC(=CF)CN)cc1.Cl. The molecule has 0 heterocycles.